The number of para-hydroxylation sites is 1. The van der Waals surface area contributed by atoms with E-state index < -0.39 is 0 Å². The third kappa shape index (κ3) is 2.05. The van der Waals surface area contributed by atoms with Crippen LogP contribution in [0.5, 0.6) is 0 Å². The number of hydrogen-bond donors (Lipinski definition) is 0. The minimum absolute atomic E-state index is 0.0949. The largest absolute Gasteiger partial charge is 0.381 e. The summed E-state index contributed by atoms with van der Waals surface area (Å²) in [6.07, 6.45) is 0.933. The molecule has 21 heavy (non-hydrogen) atoms. The minimum atomic E-state index is 0.0949. The van der Waals surface area contributed by atoms with E-state index in [-0.39, 0.29) is 11.9 Å². The van der Waals surface area contributed by atoms with Crippen LogP contribution in [0, 0.1) is 5.92 Å². The lowest BCUT2D eigenvalue weighted by Gasteiger charge is -2.37. The van der Waals surface area contributed by atoms with Gasteiger partial charge in [0.25, 0.3) is 5.91 Å². The van der Waals surface area contributed by atoms with Gasteiger partial charge >= 0.3 is 0 Å². The zero-order chi connectivity index (χ0) is 14.2. The number of benzene rings is 2. The number of amides is 1. The highest BCUT2D eigenvalue weighted by molar-refractivity contribution is 6.07. The monoisotopic (exact) mass is 279 g/mol. The second kappa shape index (κ2) is 5.01. The molecule has 3 heteroatoms. The number of carbonyl (C=O) groups is 1. The first kappa shape index (κ1) is 12.6. The van der Waals surface area contributed by atoms with Gasteiger partial charge in [-0.3, -0.25) is 4.79 Å². The maximum absolute atomic E-state index is 12.9. The Labute approximate surface area is 124 Å². The molecule has 2 heterocycles. The summed E-state index contributed by atoms with van der Waals surface area (Å²) in [7, 11) is 0. The average Bonchev–Trinajstić information content (AvgIpc) is 2.84. The van der Waals surface area contributed by atoms with Gasteiger partial charge in [-0.2, -0.15) is 0 Å². The van der Waals surface area contributed by atoms with Crippen molar-refractivity contribution < 1.29 is 9.53 Å². The Hall–Kier alpha value is -2.13. The normalized spacial score (nSPS) is 21.0. The van der Waals surface area contributed by atoms with Crippen molar-refractivity contribution in [1.29, 1.82) is 0 Å². The Morgan fingerprint density at radius 1 is 1.00 bits per heavy atom. The number of rotatable bonds is 2. The Morgan fingerprint density at radius 3 is 2.43 bits per heavy atom. The predicted octanol–water partition coefficient (Wildman–Crippen LogP) is 2.90. The molecule has 3 nitrogen and oxygen atoms in total. The van der Waals surface area contributed by atoms with E-state index in [9.17, 15) is 4.79 Å². The fraction of sp³-hybridized carbons (Fsp3) is 0.278. The van der Waals surface area contributed by atoms with Gasteiger partial charge in [-0.1, -0.05) is 36.4 Å². The highest BCUT2D eigenvalue weighted by atomic mass is 16.5. The molecule has 2 aliphatic rings. The van der Waals surface area contributed by atoms with Crippen LogP contribution in [-0.4, -0.2) is 25.2 Å². The zero-order valence-corrected chi connectivity index (χ0v) is 11.7. The molecule has 2 aromatic carbocycles. The molecule has 2 aliphatic heterocycles. The predicted molar refractivity (Wildman–Crippen MR) is 81.5 cm³/mol. The maximum atomic E-state index is 12.9. The van der Waals surface area contributed by atoms with Gasteiger partial charge in [0.05, 0.1) is 13.2 Å². The molecule has 0 saturated carbocycles. The Kier molecular flexibility index (Phi) is 3.00. The van der Waals surface area contributed by atoms with E-state index in [1.165, 1.54) is 5.56 Å². The topological polar surface area (TPSA) is 29.5 Å². The molecule has 4 rings (SSSR count). The van der Waals surface area contributed by atoms with Gasteiger partial charge in [0.1, 0.15) is 0 Å². The van der Waals surface area contributed by atoms with Crippen LogP contribution in [0.25, 0.3) is 0 Å². The Bertz CT molecular complexity index is 664. The molecular formula is C18H17NO2. The molecule has 0 radical (unpaired) electrons. The SMILES string of the molecule is O=C(c1ccccc1)N1c2ccccc2CC1C1COC1. The van der Waals surface area contributed by atoms with Crippen molar-refractivity contribution in [2.45, 2.75) is 12.5 Å². The zero-order valence-electron chi connectivity index (χ0n) is 11.7. The second-order valence-electron chi connectivity index (χ2n) is 5.74. The van der Waals surface area contributed by atoms with Crippen molar-refractivity contribution in [3.8, 4) is 0 Å². The van der Waals surface area contributed by atoms with Crippen molar-refractivity contribution in [2.75, 3.05) is 18.1 Å². The van der Waals surface area contributed by atoms with E-state index in [0.717, 1.165) is 30.9 Å². The molecule has 0 aliphatic carbocycles. The number of carbonyl (C=O) groups excluding carboxylic acids is 1. The van der Waals surface area contributed by atoms with Crippen LogP contribution in [0.2, 0.25) is 0 Å². The van der Waals surface area contributed by atoms with Crippen LogP contribution in [0.3, 0.4) is 0 Å². The van der Waals surface area contributed by atoms with Crippen LogP contribution < -0.4 is 4.90 Å². The molecule has 1 unspecified atom stereocenters. The van der Waals surface area contributed by atoms with E-state index in [1.807, 2.05) is 47.4 Å². The first-order valence-corrected chi connectivity index (χ1v) is 7.39. The van der Waals surface area contributed by atoms with Crippen LogP contribution >= 0.6 is 0 Å². The first-order valence-electron chi connectivity index (χ1n) is 7.39. The first-order chi connectivity index (χ1) is 10.3. The minimum Gasteiger partial charge on any atom is -0.381 e. The summed E-state index contributed by atoms with van der Waals surface area (Å²) in [6, 6.07) is 18.0. The smallest absolute Gasteiger partial charge is 0.258 e. The van der Waals surface area contributed by atoms with Crippen LogP contribution in [0.1, 0.15) is 15.9 Å². The molecule has 106 valence electrons. The highest BCUT2D eigenvalue weighted by Crippen LogP contribution is 2.38. The fourth-order valence-electron chi connectivity index (χ4n) is 3.25. The van der Waals surface area contributed by atoms with Crippen LogP contribution in [0.4, 0.5) is 5.69 Å². The summed E-state index contributed by atoms with van der Waals surface area (Å²) in [5.74, 6) is 0.544. The van der Waals surface area contributed by atoms with Gasteiger partial charge < -0.3 is 9.64 Å². The van der Waals surface area contributed by atoms with Gasteiger partial charge in [-0.25, -0.2) is 0 Å². The number of ether oxygens (including phenoxy) is 1. The van der Waals surface area contributed by atoms with Crippen LogP contribution in [0.15, 0.2) is 54.6 Å². The fourth-order valence-corrected chi connectivity index (χ4v) is 3.25. The molecule has 0 bridgehead atoms. The summed E-state index contributed by atoms with van der Waals surface area (Å²) in [5, 5.41) is 0. The molecule has 1 amide bonds. The summed E-state index contributed by atoms with van der Waals surface area (Å²) < 4.78 is 5.34. The summed E-state index contributed by atoms with van der Waals surface area (Å²) >= 11 is 0. The lowest BCUT2D eigenvalue weighted by Crippen LogP contribution is -2.49. The van der Waals surface area contributed by atoms with Gasteiger partial charge in [0.15, 0.2) is 0 Å². The van der Waals surface area contributed by atoms with Crippen molar-refractivity contribution in [3.63, 3.8) is 0 Å². The number of nitrogens with zero attached hydrogens (tertiary/aromatic N) is 1. The summed E-state index contributed by atoms with van der Waals surface area (Å²) in [5.41, 5.74) is 3.07. The molecular weight excluding hydrogens is 262 g/mol. The molecule has 0 aromatic heterocycles. The van der Waals surface area contributed by atoms with Crippen molar-refractivity contribution in [2.24, 2.45) is 5.92 Å². The van der Waals surface area contributed by atoms with Crippen molar-refractivity contribution >= 4 is 11.6 Å². The highest BCUT2D eigenvalue weighted by Gasteiger charge is 2.41. The van der Waals surface area contributed by atoms with Gasteiger partial charge in [0, 0.05) is 23.2 Å². The third-order valence-corrected chi connectivity index (χ3v) is 4.46. The Morgan fingerprint density at radius 2 is 1.71 bits per heavy atom. The van der Waals surface area contributed by atoms with E-state index in [0.29, 0.717) is 5.92 Å². The van der Waals surface area contributed by atoms with E-state index in [2.05, 4.69) is 12.1 Å². The van der Waals surface area contributed by atoms with Crippen molar-refractivity contribution in [1.82, 2.24) is 0 Å². The Balaban J connectivity index is 1.73. The number of hydrogen-bond acceptors (Lipinski definition) is 2. The van der Waals surface area contributed by atoms with E-state index in [4.69, 9.17) is 4.74 Å². The molecule has 0 spiro atoms. The van der Waals surface area contributed by atoms with E-state index in [1.54, 1.807) is 0 Å². The standard InChI is InChI=1S/C18H17NO2/c20-18(13-6-2-1-3-7-13)19-16-9-5-4-8-14(16)10-17(19)15-11-21-12-15/h1-9,15,17H,10-12H2. The second-order valence-corrected chi connectivity index (χ2v) is 5.74. The third-order valence-electron chi connectivity index (χ3n) is 4.46. The number of anilines is 1. The molecule has 0 N–H and O–H groups in total. The molecule has 2 aromatic rings. The van der Waals surface area contributed by atoms with Crippen molar-refractivity contribution in [3.05, 3.63) is 65.7 Å². The molecule has 1 fully saturated rings. The summed E-state index contributed by atoms with van der Waals surface area (Å²) in [6.45, 7) is 1.52. The lowest BCUT2D eigenvalue weighted by atomic mass is 9.94. The van der Waals surface area contributed by atoms with Gasteiger partial charge in [-0.15, -0.1) is 0 Å². The maximum Gasteiger partial charge on any atom is 0.258 e. The quantitative estimate of drug-likeness (QED) is 0.846. The molecule has 1 saturated heterocycles. The van der Waals surface area contributed by atoms with Gasteiger partial charge in [0.2, 0.25) is 0 Å². The number of fused-ring (bicyclic) bond motifs is 1. The lowest BCUT2D eigenvalue weighted by molar-refractivity contribution is -0.0427. The molecule has 1 atom stereocenters. The van der Waals surface area contributed by atoms with Crippen LogP contribution in [-0.2, 0) is 11.2 Å². The van der Waals surface area contributed by atoms with E-state index >= 15 is 0 Å². The summed E-state index contributed by atoms with van der Waals surface area (Å²) in [4.78, 5) is 14.9. The average molecular weight is 279 g/mol. The van der Waals surface area contributed by atoms with Gasteiger partial charge in [-0.05, 0) is 30.2 Å².